The van der Waals surface area contributed by atoms with Crippen LogP contribution < -0.4 is 14.8 Å². The molecule has 1 saturated carbocycles. The average Bonchev–Trinajstić information content (AvgIpc) is 3.12. The van der Waals surface area contributed by atoms with E-state index < -0.39 is 0 Å². The monoisotopic (exact) mass is 451 g/mol. The van der Waals surface area contributed by atoms with Gasteiger partial charge in [0.15, 0.2) is 0 Å². The molecule has 1 aromatic heterocycles. The van der Waals surface area contributed by atoms with Gasteiger partial charge in [0.05, 0.1) is 23.7 Å². The van der Waals surface area contributed by atoms with Crippen molar-refractivity contribution in [1.29, 1.82) is 0 Å². The lowest BCUT2D eigenvalue weighted by molar-refractivity contribution is -0.120. The van der Waals surface area contributed by atoms with E-state index in [1.807, 2.05) is 54.9 Å². The molecule has 33 heavy (non-hydrogen) atoms. The molecule has 2 aromatic carbocycles. The van der Waals surface area contributed by atoms with Crippen molar-refractivity contribution in [2.75, 3.05) is 6.61 Å². The summed E-state index contributed by atoms with van der Waals surface area (Å²) in [6.45, 7) is 4.55. The zero-order valence-electron chi connectivity index (χ0n) is 19.6. The maximum Gasteiger partial charge on any atom is 0.297 e. The van der Waals surface area contributed by atoms with Crippen LogP contribution in [0.2, 0.25) is 0 Å². The van der Waals surface area contributed by atoms with Gasteiger partial charge < -0.3 is 19.5 Å². The smallest absolute Gasteiger partial charge is 0.297 e. The molecule has 1 N–H and O–H groups in total. The quantitative estimate of drug-likeness (QED) is 0.523. The minimum atomic E-state index is -0.0273. The Morgan fingerprint density at radius 2 is 1.85 bits per heavy atom. The van der Waals surface area contributed by atoms with Gasteiger partial charge in [0.2, 0.25) is 5.91 Å². The predicted molar refractivity (Wildman–Crippen MR) is 127 cm³/mol. The molecule has 1 aliphatic carbocycles. The second kappa shape index (κ2) is 10.7. The average molecular weight is 452 g/mol. The molecule has 1 fully saturated rings. The number of ether oxygens (including phenoxy) is 3. The molecule has 4 rings (SSSR count). The van der Waals surface area contributed by atoms with Crippen LogP contribution >= 0.6 is 0 Å². The number of rotatable bonds is 9. The Hall–Kier alpha value is -3.06. The summed E-state index contributed by atoms with van der Waals surface area (Å²) in [6, 6.07) is 16.7. The Morgan fingerprint density at radius 3 is 2.58 bits per heavy atom. The fraction of sp³-hybridized carbons (Fsp3) is 0.462. The fourth-order valence-electron chi connectivity index (χ4n) is 4.22. The number of aryl methyl sites for hydroxylation is 1. The number of aromatic nitrogens is 2. The van der Waals surface area contributed by atoms with Crippen LogP contribution in [0, 0.1) is 0 Å². The van der Waals surface area contributed by atoms with E-state index in [1.165, 1.54) is 6.92 Å². The number of nitrogens with zero attached hydrogens (tertiary/aromatic N) is 2. The van der Waals surface area contributed by atoms with E-state index >= 15 is 0 Å². The summed E-state index contributed by atoms with van der Waals surface area (Å²) in [5.74, 6) is 0.785. The van der Waals surface area contributed by atoms with E-state index in [4.69, 9.17) is 14.2 Å². The lowest BCUT2D eigenvalue weighted by Crippen LogP contribution is -2.37. The minimum absolute atomic E-state index is 0.0260. The van der Waals surface area contributed by atoms with Crippen LogP contribution in [0.1, 0.15) is 45.1 Å². The number of fused-ring (bicyclic) bond motifs is 1. The molecule has 7 heteroatoms. The van der Waals surface area contributed by atoms with Gasteiger partial charge in [-0.15, -0.1) is 0 Å². The standard InChI is InChI=1S/C26H33N3O4/c1-18(27-19(2)30)16-31-21-9-11-22(12-10-21)33-26-28-24-14-13-23(15-25(24)29(26)3)32-17-20-7-5-4-6-8-20/h4-8,13-15,18,21-22H,9-12,16-17H2,1-3H3,(H,27,30)/t18-,21?,22?/m0/s1. The first-order valence-electron chi connectivity index (χ1n) is 11.7. The second-order valence-corrected chi connectivity index (χ2v) is 8.83. The summed E-state index contributed by atoms with van der Waals surface area (Å²) >= 11 is 0. The third-order valence-corrected chi connectivity index (χ3v) is 5.98. The van der Waals surface area contributed by atoms with Crippen molar-refractivity contribution in [3.63, 3.8) is 0 Å². The highest BCUT2D eigenvalue weighted by molar-refractivity contribution is 5.78. The summed E-state index contributed by atoms with van der Waals surface area (Å²) in [5, 5.41) is 2.85. The third kappa shape index (κ3) is 6.26. The molecule has 176 valence electrons. The molecule has 7 nitrogen and oxygen atoms in total. The molecule has 3 aromatic rings. The largest absolute Gasteiger partial charge is 0.489 e. The summed E-state index contributed by atoms with van der Waals surface area (Å²) in [4.78, 5) is 15.8. The topological polar surface area (TPSA) is 74.6 Å². The van der Waals surface area contributed by atoms with Crippen molar-refractivity contribution in [3.8, 4) is 11.8 Å². The van der Waals surface area contributed by atoms with E-state index in [9.17, 15) is 4.79 Å². The van der Waals surface area contributed by atoms with Gasteiger partial charge >= 0.3 is 0 Å². The molecular weight excluding hydrogens is 418 g/mol. The van der Waals surface area contributed by atoms with Gasteiger partial charge in [0, 0.05) is 26.1 Å². The van der Waals surface area contributed by atoms with E-state index in [0.717, 1.165) is 48.0 Å². The molecule has 0 unspecified atom stereocenters. The molecular formula is C26H33N3O4. The van der Waals surface area contributed by atoms with E-state index in [1.54, 1.807) is 0 Å². The fourth-order valence-corrected chi connectivity index (χ4v) is 4.22. The molecule has 0 saturated heterocycles. The van der Waals surface area contributed by atoms with Gasteiger partial charge in [-0.3, -0.25) is 9.36 Å². The Kier molecular flexibility index (Phi) is 7.50. The number of nitrogens with one attached hydrogen (secondary N) is 1. The Labute approximate surface area is 195 Å². The van der Waals surface area contributed by atoms with Crippen LogP contribution in [0.5, 0.6) is 11.8 Å². The van der Waals surface area contributed by atoms with E-state index in [-0.39, 0.29) is 24.2 Å². The van der Waals surface area contributed by atoms with Crippen molar-refractivity contribution in [1.82, 2.24) is 14.9 Å². The van der Waals surface area contributed by atoms with Crippen molar-refractivity contribution in [3.05, 3.63) is 54.1 Å². The Bertz CT molecular complexity index is 1060. The zero-order chi connectivity index (χ0) is 23.2. The molecule has 1 heterocycles. The first-order chi connectivity index (χ1) is 16.0. The van der Waals surface area contributed by atoms with Gasteiger partial charge in [-0.05, 0) is 50.3 Å². The molecule has 0 bridgehead atoms. The number of amides is 1. The van der Waals surface area contributed by atoms with Crippen LogP contribution in [-0.4, -0.2) is 40.3 Å². The zero-order valence-corrected chi connectivity index (χ0v) is 19.6. The van der Waals surface area contributed by atoms with Crippen LogP contribution in [-0.2, 0) is 23.2 Å². The number of imidazole rings is 1. The van der Waals surface area contributed by atoms with Gasteiger partial charge in [-0.25, -0.2) is 0 Å². The van der Waals surface area contributed by atoms with Crippen molar-refractivity contribution in [2.45, 2.75) is 64.4 Å². The number of carbonyl (C=O) groups excluding carboxylic acids is 1. The number of hydrogen-bond acceptors (Lipinski definition) is 5. The number of hydrogen-bond donors (Lipinski definition) is 1. The molecule has 1 atom stereocenters. The SMILES string of the molecule is CC(=O)N[C@@H](C)COC1CCC(Oc2nc3ccc(OCc4ccccc4)cc3n2C)CC1. The highest BCUT2D eigenvalue weighted by Gasteiger charge is 2.25. The van der Waals surface area contributed by atoms with E-state index in [2.05, 4.69) is 22.4 Å². The van der Waals surface area contributed by atoms with Gasteiger partial charge in [0.25, 0.3) is 6.01 Å². The summed E-state index contributed by atoms with van der Waals surface area (Å²) < 4.78 is 20.2. The number of carbonyl (C=O) groups is 1. The summed E-state index contributed by atoms with van der Waals surface area (Å²) in [5.41, 5.74) is 3.01. The van der Waals surface area contributed by atoms with Crippen molar-refractivity contribution >= 4 is 16.9 Å². The lowest BCUT2D eigenvalue weighted by Gasteiger charge is -2.29. The Balaban J connectivity index is 1.30. The minimum Gasteiger partial charge on any atom is -0.489 e. The van der Waals surface area contributed by atoms with E-state index in [0.29, 0.717) is 19.2 Å². The number of benzene rings is 2. The van der Waals surface area contributed by atoms with Crippen molar-refractivity contribution < 1.29 is 19.0 Å². The maximum absolute atomic E-state index is 11.1. The van der Waals surface area contributed by atoms with Crippen LogP contribution in [0.4, 0.5) is 0 Å². The highest BCUT2D eigenvalue weighted by atomic mass is 16.5. The molecule has 1 amide bonds. The molecule has 0 aliphatic heterocycles. The summed E-state index contributed by atoms with van der Waals surface area (Å²) in [7, 11) is 1.98. The van der Waals surface area contributed by atoms with Gasteiger partial charge in [-0.2, -0.15) is 4.98 Å². The molecule has 1 aliphatic rings. The molecule has 0 radical (unpaired) electrons. The third-order valence-electron chi connectivity index (χ3n) is 5.98. The lowest BCUT2D eigenvalue weighted by atomic mass is 9.95. The first kappa shape index (κ1) is 23.1. The Morgan fingerprint density at radius 1 is 1.12 bits per heavy atom. The normalized spacial score (nSPS) is 19.2. The highest BCUT2D eigenvalue weighted by Crippen LogP contribution is 2.29. The van der Waals surface area contributed by atoms with Gasteiger partial charge in [0.1, 0.15) is 18.5 Å². The first-order valence-corrected chi connectivity index (χ1v) is 11.7. The molecule has 0 spiro atoms. The van der Waals surface area contributed by atoms with Crippen LogP contribution in [0.3, 0.4) is 0 Å². The maximum atomic E-state index is 11.1. The predicted octanol–water partition coefficient (Wildman–Crippen LogP) is 4.38. The van der Waals surface area contributed by atoms with Gasteiger partial charge in [-0.1, -0.05) is 30.3 Å². The summed E-state index contributed by atoms with van der Waals surface area (Å²) in [6.07, 6.45) is 4.08. The second-order valence-electron chi connectivity index (χ2n) is 8.83. The van der Waals surface area contributed by atoms with Crippen LogP contribution in [0.15, 0.2) is 48.5 Å². The van der Waals surface area contributed by atoms with Crippen molar-refractivity contribution in [2.24, 2.45) is 7.05 Å². The van der Waals surface area contributed by atoms with Crippen LogP contribution in [0.25, 0.3) is 11.0 Å².